The molecule has 20 rings (SSSR count). The number of hydrogen-bond donors (Lipinski definition) is 7. The van der Waals surface area contributed by atoms with Gasteiger partial charge in [0.1, 0.15) is 35.3 Å². The lowest BCUT2D eigenvalue weighted by molar-refractivity contribution is -0.384. The summed E-state index contributed by atoms with van der Waals surface area (Å²) in [7, 11) is 1.53. The third-order valence-corrected chi connectivity index (χ3v) is 26.9. The Balaban J connectivity index is 0.000000131. The summed E-state index contributed by atoms with van der Waals surface area (Å²) in [5, 5.41) is 27.7. The molecule has 11 N–H and O–H groups in total. The van der Waals surface area contributed by atoms with Crippen molar-refractivity contribution in [3.05, 3.63) is 469 Å². The summed E-state index contributed by atoms with van der Waals surface area (Å²) in [6, 6.07) is 110. The minimum absolute atomic E-state index is 0.00889. The molecule has 1 aromatic heterocycles. The third kappa shape index (κ3) is 22.0. The molecular formula is C115H105ClFN17O10S. The molecule has 13 aromatic carbocycles. The minimum Gasteiger partial charge on any atom is -0.492 e. The number of nitrogens with one attached hydrogen (secondary N) is 3. The van der Waals surface area contributed by atoms with E-state index in [0.717, 1.165) is 95.9 Å². The van der Waals surface area contributed by atoms with Crippen molar-refractivity contribution < 1.29 is 47.6 Å². The highest BCUT2D eigenvalue weighted by atomic mass is 35.5. The van der Waals surface area contributed by atoms with Gasteiger partial charge in [-0.25, -0.2) is 29.2 Å². The van der Waals surface area contributed by atoms with Gasteiger partial charge in [-0.05, 0) is 171 Å². The molecule has 7 amide bonds. The maximum absolute atomic E-state index is 14.0. The molecule has 730 valence electrons. The van der Waals surface area contributed by atoms with E-state index >= 15 is 0 Å². The van der Waals surface area contributed by atoms with Crippen LogP contribution in [0, 0.1) is 27.3 Å². The van der Waals surface area contributed by atoms with Crippen LogP contribution in [0.15, 0.2) is 396 Å². The molecule has 1 saturated heterocycles. The molecule has 1 saturated carbocycles. The molecule has 1 aliphatic carbocycles. The van der Waals surface area contributed by atoms with Gasteiger partial charge in [0.05, 0.1) is 35.7 Å². The number of non-ortho nitro benzene ring substituents is 1. The van der Waals surface area contributed by atoms with Crippen LogP contribution in [0.4, 0.5) is 26.2 Å². The van der Waals surface area contributed by atoms with Crippen LogP contribution in [-0.2, 0) is 83.3 Å². The number of amidine groups is 1. The fraction of sp³-hybridized carbons (Fsp3) is 0.165. The van der Waals surface area contributed by atoms with Gasteiger partial charge in [-0.2, -0.15) is 0 Å². The number of thiophene rings is 1. The number of carbonyl (C=O) groups is 7. The third-order valence-electron chi connectivity index (χ3n) is 25.7. The zero-order valence-corrected chi connectivity index (χ0v) is 81.3. The number of Topliss-reactive ketones (excluding diaryl/α,β-unsaturated/α-hetero) is 1. The molecule has 30 heteroatoms. The lowest BCUT2D eigenvalue weighted by Gasteiger charge is -2.28. The second-order valence-corrected chi connectivity index (χ2v) is 37.3. The molecule has 0 bridgehead atoms. The van der Waals surface area contributed by atoms with Crippen LogP contribution < -0.4 is 43.2 Å². The molecular weight excluding hydrogens is 1870 g/mol. The van der Waals surface area contributed by atoms with Gasteiger partial charge in [0, 0.05) is 66.1 Å². The highest BCUT2D eigenvalue weighted by molar-refractivity contribution is 7.10. The van der Waals surface area contributed by atoms with Gasteiger partial charge in [-0.1, -0.05) is 315 Å². The van der Waals surface area contributed by atoms with Crippen molar-refractivity contribution in [1.82, 2.24) is 24.9 Å². The van der Waals surface area contributed by atoms with Crippen molar-refractivity contribution in [2.45, 2.75) is 93.2 Å². The second kappa shape index (κ2) is 44.2. The number of nitro groups is 1. The Kier molecular flexibility index (Phi) is 30.6. The molecule has 6 aliphatic rings. The maximum atomic E-state index is 14.0. The normalized spacial score (nSPS) is 17.2. The number of ketones is 1. The predicted octanol–water partition coefficient (Wildman–Crippen LogP) is 18.8. The van der Waals surface area contributed by atoms with Gasteiger partial charge in [-0.3, -0.25) is 68.8 Å². The van der Waals surface area contributed by atoms with E-state index in [9.17, 15) is 48.1 Å². The Labute approximate surface area is 847 Å². The van der Waals surface area contributed by atoms with Crippen molar-refractivity contribution in [3.8, 4) is 16.9 Å². The maximum Gasteiger partial charge on any atom is 0.319 e. The Morgan fingerprint density at radius 1 is 0.510 bits per heavy atom. The first-order valence-corrected chi connectivity index (χ1v) is 48.1. The van der Waals surface area contributed by atoms with Crippen LogP contribution in [-0.4, -0.2) is 121 Å². The number of guanidine groups is 4. The van der Waals surface area contributed by atoms with E-state index in [1.807, 2.05) is 290 Å². The van der Waals surface area contributed by atoms with Crippen molar-refractivity contribution >= 4 is 117 Å². The first kappa shape index (κ1) is 101. The van der Waals surface area contributed by atoms with E-state index in [4.69, 9.17) is 49.7 Å². The lowest BCUT2D eigenvalue weighted by atomic mass is 9.73. The lowest BCUT2D eigenvalue weighted by Crippen LogP contribution is -2.45. The Morgan fingerprint density at radius 3 is 1.53 bits per heavy atom. The van der Waals surface area contributed by atoms with Crippen LogP contribution >= 0.6 is 22.9 Å². The molecule has 6 heterocycles. The number of para-hydroxylation sites is 1. The number of ether oxygens (including phenoxy) is 1. The van der Waals surface area contributed by atoms with Gasteiger partial charge in [-0.15, -0.1) is 11.3 Å². The van der Waals surface area contributed by atoms with Crippen LogP contribution in [0.2, 0.25) is 5.02 Å². The largest absolute Gasteiger partial charge is 0.492 e. The van der Waals surface area contributed by atoms with Crippen molar-refractivity contribution in [2.75, 3.05) is 30.4 Å². The minimum atomic E-state index is -1.40. The smallest absolute Gasteiger partial charge is 0.319 e. The standard InChI is InChI=1S/C29H25N3O2S.C27H23ClN2O.C23H21N3O2.C20H22FN5O2.C16H14N4O3/c30-28-31-29(23-11-3-1-4-12-23,24-13-5-2-6-14-24)27(34)32(28)20-22-10-7-9-21(17-22)18-25(33)19-26-15-8-16-35-26;1-2-18-9-13-24(14-10-18)30-25(29)17-27(26(30)31,21-11-12-21)22-7-3-5-19(15-22)20-6-4-8-23(28)16-20;24-22-25-23(18-10-4-1-5-11-18,19-12-6-2-7-13-19)21(27)26(22)16-17-28-20-14-8-3-9-15-20;1-20(2)17(27)26(18(22)25-20)12-14-8-6-13(7-9-14)11-23-19(28)24-16-5-3-4-15(21)10-16;1-19-14(21)16(18-15(19)17,11-6-3-2-4-7-11)12-8-5-9-13(10-12)20(22)23/h1-17H,18-20H2,(H2,30,31);2-10,13-16,21,29H,1,11-12,17H2;1-15H,16-17H2,(H2,24,25);3-10H,11-12H2,1-2H3,(H2,22,25)(H2,23,24,28);2-10H,1H3,(H2,17,18). The summed E-state index contributed by atoms with van der Waals surface area (Å²) < 4.78 is 18.9. The molecule has 27 nitrogen and oxygen atoms in total. The highest BCUT2D eigenvalue weighted by Gasteiger charge is 2.60. The summed E-state index contributed by atoms with van der Waals surface area (Å²) in [4.78, 5) is 128. The van der Waals surface area contributed by atoms with Crippen LogP contribution in [0.3, 0.4) is 0 Å². The predicted molar refractivity (Wildman–Crippen MR) is 565 cm³/mol. The average molecular weight is 1970 g/mol. The molecule has 5 aliphatic heterocycles. The SMILES string of the molecule is C=Cc1ccc(N2C(=N)CC(c3cccc(-c4cccc(Cl)c4)c3)(C3CC3)C2=O)cc1.CC1(C)N=C(N)N(Cc2ccc(CNC(=O)Nc3cccc(F)c3)cc2)C1=O.CN1C(=O)C(c2ccccc2)(c2cccc([N+](=O)[O-])c2)N=C1N.NC1=NC(c2ccccc2)(c2ccccc2)C(=O)N1CCOc1ccccc1.NC1=NC(c2ccccc2)(c2ccccc2)C(=O)N1Cc1cccc(CC(=O)Cc2cccs2)c1. The van der Waals surface area contributed by atoms with Gasteiger partial charge in [0.2, 0.25) is 5.91 Å². The highest BCUT2D eigenvalue weighted by Crippen LogP contribution is 2.55. The topological polar surface area (TPSA) is 389 Å². The van der Waals surface area contributed by atoms with E-state index in [-0.39, 0.29) is 77.3 Å². The summed E-state index contributed by atoms with van der Waals surface area (Å²) in [6.07, 6.45) is 5.02. The van der Waals surface area contributed by atoms with Crippen molar-refractivity contribution in [3.63, 3.8) is 0 Å². The summed E-state index contributed by atoms with van der Waals surface area (Å²) in [5.41, 5.74) is 31.8. The number of halogens is 2. The number of urea groups is 1. The fourth-order valence-electron chi connectivity index (χ4n) is 18.4. The summed E-state index contributed by atoms with van der Waals surface area (Å²) in [5.74, 6) is 0.975. The van der Waals surface area contributed by atoms with Gasteiger partial charge >= 0.3 is 6.03 Å². The molecule has 0 radical (unpaired) electrons. The zero-order valence-electron chi connectivity index (χ0n) is 79.7. The number of nitro benzene ring substituents is 1. The van der Waals surface area contributed by atoms with Gasteiger partial charge < -0.3 is 38.3 Å². The zero-order chi connectivity index (χ0) is 102. The van der Waals surface area contributed by atoms with Crippen molar-refractivity contribution in [1.29, 1.82) is 5.41 Å². The molecule has 145 heavy (non-hydrogen) atoms. The summed E-state index contributed by atoms with van der Waals surface area (Å²) in [6.45, 7) is 8.82. The van der Waals surface area contributed by atoms with E-state index in [0.29, 0.717) is 73.2 Å². The van der Waals surface area contributed by atoms with E-state index < -0.39 is 44.3 Å². The number of nitrogens with two attached hydrogens (primary N) is 4. The molecule has 2 unspecified atom stereocenters. The quantitative estimate of drug-likeness (QED) is 0.0186. The monoisotopic (exact) mass is 1970 g/mol. The number of rotatable bonds is 27. The average Bonchev–Trinajstić information content (AvgIpc) is 1.54. The van der Waals surface area contributed by atoms with E-state index in [1.54, 1.807) is 72.6 Å². The number of nitrogens with zero attached hydrogens (tertiary/aromatic N) is 10. The fourth-order valence-corrected chi connectivity index (χ4v) is 19.3. The number of hydrogen-bond acceptors (Lipinski definition) is 20. The molecule has 14 aromatic rings. The summed E-state index contributed by atoms with van der Waals surface area (Å²) >= 11 is 7.80. The Hall–Kier alpha value is -17.4. The second-order valence-electron chi connectivity index (χ2n) is 35.8. The molecule has 0 spiro atoms. The number of carbonyl (C=O) groups excluding carboxylic acids is 7. The van der Waals surface area contributed by atoms with E-state index in [1.165, 1.54) is 63.0 Å². The Bertz CT molecular complexity index is 7190. The van der Waals surface area contributed by atoms with Gasteiger partial charge in [0.25, 0.3) is 29.3 Å². The molecule has 2 fully saturated rings. The van der Waals surface area contributed by atoms with Crippen LogP contribution in [0.1, 0.15) is 105 Å². The number of amides is 7. The van der Waals surface area contributed by atoms with Crippen LogP contribution in [0.25, 0.3) is 17.2 Å². The molecule has 2 atom stereocenters. The first-order valence-electron chi connectivity index (χ1n) is 46.9. The number of anilines is 2. The number of aliphatic imine (C=N–C) groups is 4. The first-order chi connectivity index (χ1) is 70.0. The van der Waals surface area contributed by atoms with E-state index in [2.05, 4.69) is 38.3 Å². The Morgan fingerprint density at radius 2 is 1.00 bits per heavy atom. The number of benzene rings is 13. The van der Waals surface area contributed by atoms with Gasteiger partial charge in [0.15, 0.2) is 40.5 Å². The van der Waals surface area contributed by atoms with Crippen LogP contribution in [0.5, 0.6) is 5.75 Å². The van der Waals surface area contributed by atoms with Crippen molar-refractivity contribution in [2.24, 2.45) is 48.8 Å². The number of likely N-dealkylation sites (N-methyl/N-ethyl adjacent to an activating group) is 1.